The Bertz CT molecular complexity index is 2300. The fraction of sp³-hybridized carbons (Fsp3) is 0.304. The number of hydrogen-bond donors (Lipinski definition) is 3. The van der Waals surface area contributed by atoms with E-state index in [1.807, 2.05) is 128 Å². The van der Waals surface area contributed by atoms with Gasteiger partial charge in [-0.3, -0.25) is 24.2 Å². The van der Waals surface area contributed by atoms with E-state index in [1.54, 1.807) is 4.90 Å². The Balaban J connectivity index is 1.01. The minimum absolute atomic E-state index is 0.0490. The summed E-state index contributed by atoms with van der Waals surface area (Å²) in [7, 11) is 7.66. The predicted molar refractivity (Wildman–Crippen MR) is 226 cm³/mol. The lowest BCUT2D eigenvalue weighted by Crippen LogP contribution is -2.47. The molecule has 0 bridgehead atoms. The number of H-pyrrole nitrogens is 2. The number of carbonyl (C=O) groups is 3. The zero-order valence-corrected chi connectivity index (χ0v) is 33.4. The maximum absolute atomic E-state index is 13.8. The third-order valence-electron chi connectivity index (χ3n) is 10.7. The molecule has 0 saturated carbocycles. The van der Waals surface area contributed by atoms with E-state index < -0.39 is 12.1 Å². The number of likely N-dealkylation sites (N-methyl/N-ethyl adjacent to an activating group) is 2. The maximum Gasteiger partial charge on any atom is 0.247 e. The fourth-order valence-corrected chi connectivity index (χ4v) is 7.96. The number of aromatic nitrogens is 3. The second-order valence-corrected chi connectivity index (χ2v) is 15.3. The largest absolute Gasteiger partial charge is 0.355 e. The summed E-state index contributed by atoms with van der Waals surface area (Å²) < 4.78 is 0. The van der Waals surface area contributed by atoms with E-state index in [0.29, 0.717) is 31.7 Å². The summed E-state index contributed by atoms with van der Waals surface area (Å²) in [5.74, 6) is 0.551. The third-order valence-corrected chi connectivity index (χ3v) is 10.7. The lowest BCUT2D eigenvalue weighted by Gasteiger charge is -2.31. The molecule has 294 valence electrons. The van der Waals surface area contributed by atoms with Crippen LogP contribution in [0.1, 0.15) is 55.2 Å². The summed E-state index contributed by atoms with van der Waals surface area (Å²) in [5.41, 5.74) is 7.36. The van der Waals surface area contributed by atoms with Gasteiger partial charge < -0.3 is 25.1 Å². The molecular formula is C46H52N8O3. The van der Waals surface area contributed by atoms with Gasteiger partial charge in [0.15, 0.2) is 0 Å². The van der Waals surface area contributed by atoms with Gasteiger partial charge in [-0.05, 0) is 94.0 Å². The highest BCUT2D eigenvalue weighted by Crippen LogP contribution is 2.31. The number of nitrogens with one attached hydrogen (secondary N) is 3. The van der Waals surface area contributed by atoms with Crippen molar-refractivity contribution in [3.63, 3.8) is 0 Å². The van der Waals surface area contributed by atoms with Gasteiger partial charge in [0, 0.05) is 35.4 Å². The molecule has 3 atom stereocenters. The van der Waals surface area contributed by atoms with Crippen LogP contribution < -0.4 is 5.32 Å². The van der Waals surface area contributed by atoms with Crippen molar-refractivity contribution < 1.29 is 14.4 Å². The number of hydrogen-bond acceptors (Lipinski definition) is 6. The van der Waals surface area contributed by atoms with Crippen LogP contribution in [0.4, 0.5) is 5.69 Å². The summed E-state index contributed by atoms with van der Waals surface area (Å²) in [5, 5.41) is 4.06. The highest BCUT2D eigenvalue weighted by atomic mass is 16.2. The zero-order valence-electron chi connectivity index (χ0n) is 33.4. The van der Waals surface area contributed by atoms with Crippen molar-refractivity contribution in [1.82, 2.24) is 34.6 Å². The lowest BCUT2D eigenvalue weighted by molar-refractivity contribution is -0.140. The van der Waals surface area contributed by atoms with E-state index in [2.05, 4.69) is 57.5 Å². The average Bonchev–Trinajstić information content (AvgIpc) is 3.99. The SMILES string of the molecule is CCCN(Cc1ncc(-c2ccc(-c3cc4cc(NC(=O)[C@@H]5CCCN5C(=O)[C@@H](c5ccccc5)N(C)C)ccc4[nH]3)cc2)[nH]1)C(=O)[C@@H](c1ccccc1)N(C)C. The number of rotatable bonds is 14. The molecule has 7 rings (SSSR count). The number of benzene rings is 4. The summed E-state index contributed by atoms with van der Waals surface area (Å²) in [6.45, 7) is 3.66. The van der Waals surface area contributed by atoms with Crippen LogP contribution in [-0.4, -0.2) is 99.6 Å². The van der Waals surface area contributed by atoms with Gasteiger partial charge in [0.25, 0.3) is 0 Å². The van der Waals surface area contributed by atoms with Crippen molar-refractivity contribution in [3.05, 3.63) is 132 Å². The molecule has 1 fully saturated rings. The highest BCUT2D eigenvalue weighted by molar-refractivity contribution is 6.00. The van der Waals surface area contributed by atoms with E-state index in [4.69, 9.17) is 0 Å². The van der Waals surface area contributed by atoms with Crippen LogP contribution in [0, 0.1) is 0 Å². The molecule has 0 unspecified atom stereocenters. The van der Waals surface area contributed by atoms with Crippen LogP contribution in [0.3, 0.4) is 0 Å². The second kappa shape index (κ2) is 17.4. The van der Waals surface area contributed by atoms with Crippen LogP contribution >= 0.6 is 0 Å². The van der Waals surface area contributed by atoms with Crippen molar-refractivity contribution in [2.45, 2.75) is 50.9 Å². The number of amides is 3. The van der Waals surface area contributed by atoms with Crippen LogP contribution in [0.15, 0.2) is 115 Å². The monoisotopic (exact) mass is 764 g/mol. The number of aromatic amines is 2. The molecule has 1 saturated heterocycles. The van der Waals surface area contributed by atoms with Gasteiger partial charge in [0.1, 0.15) is 23.9 Å². The maximum atomic E-state index is 13.8. The molecule has 3 N–H and O–H groups in total. The number of fused-ring (bicyclic) bond motifs is 1. The Morgan fingerprint density at radius 1 is 0.789 bits per heavy atom. The topological polar surface area (TPSA) is 121 Å². The first-order valence-corrected chi connectivity index (χ1v) is 19.7. The molecule has 0 radical (unpaired) electrons. The molecule has 2 aromatic heterocycles. The van der Waals surface area contributed by atoms with Crippen LogP contribution in [0.25, 0.3) is 33.4 Å². The Morgan fingerprint density at radius 2 is 1.42 bits per heavy atom. The quantitative estimate of drug-likeness (QED) is 0.106. The Kier molecular flexibility index (Phi) is 12.0. The van der Waals surface area contributed by atoms with Gasteiger partial charge in [-0.2, -0.15) is 0 Å². The van der Waals surface area contributed by atoms with Gasteiger partial charge >= 0.3 is 0 Å². The normalized spacial score (nSPS) is 15.3. The molecule has 11 nitrogen and oxygen atoms in total. The zero-order chi connectivity index (χ0) is 40.1. The number of likely N-dealkylation sites (tertiary alicyclic amines) is 1. The Hall–Kier alpha value is -6.04. The van der Waals surface area contributed by atoms with Gasteiger partial charge in [0.2, 0.25) is 17.7 Å². The van der Waals surface area contributed by atoms with Crippen molar-refractivity contribution >= 4 is 34.3 Å². The van der Waals surface area contributed by atoms with Crippen LogP contribution in [-0.2, 0) is 20.9 Å². The third kappa shape index (κ3) is 8.70. The Morgan fingerprint density at radius 3 is 2.05 bits per heavy atom. The van der Waals surface area contributed by atoms with E-state index in [9.17, 15) is 14.4 Å². The number of nitrogens with zero attached hydrogens (tertiary/aromatic N) is 5. The lowest BCUT2D eigenvalue weighted by atomic mass is 10.0. The Labute approximate surface area is 334 Å². The minimum atomic E-state index is -0.529. The van der Waals surface area contributed by atoms with Crippen LogP contribution in [0.5, 0.6) is 0 Å². The van der Waals surface area contributed by atoms with Crippen molar-refractivity contribution in [1.29, 1.82) is 0 Å². The van der Waals surface area contributed by atoms with E-state index in [0.717, 1.165) is 63.2 Å². The number of carbonyl (C=O) groups excluding carboxylic acids is 3. The minimum Gasteiger partial charge on any atom is -0.355 e. The number of imidazole rings is 1. The molecule has 3 heterocycles. The standard InChI is InChI=1S/C46H52N8O3/c1-6-25-53(45(56)42(51(2)3)33-14-9-7-10-15-33)30-41-47-29-39(50-41)32-21-19-31(20-22-32)38-28-35-27-36(23-24-37(35)49-38)48-44(55)40-18-13-26-54(40)46(57)43(52(4)5)34-16-11-8-12-17-34/h7-12,14-17,19-24,27-29,40,42-43,49H,6,13,18,25-26,30H2,1-5H3,(H,47,50)(H,48,55)/t40-,42+,43+/m0/s1. The molecule has 0 spiro atoms. The number of anilines is 1. The predicted octanol–water partition coefficient (Wildman–Crippen LogP) is 7.50. The average molecular weight is 765 g/mol. The van der Waals surface area contributed by atoms with Gasteiger partial charge in [0.05, 0.1) is 18.4 Å². The molecule has 57 heavy (non-hydrogen) atoms. The summed E-state index contributed by atoms with van der Waals surface area (Å²) in [6.07, 6.45) is 4.07. The fourth-order valence-electron chi connectivity index (χ4n) is 7.96. The molecule has 0 aliphatic carbocycles. The van der Waals surface area contributed by atoms with E-state index in [1.165, 1.54) is 0 Å². The van der Waals surface area contributed by atoms with E-state index in [-0.39, 0.29) is 23.8 Å². The summed E-state index contributed by atoms with van der Waals surface area (Å²) >= 11 is 0. The van der Waals surface area contributed by atoms with E-state index >= 15 is 0 Å². The summed E-state index contributed by atoms with van der Waals surface area (Å²) in [4.78, 5) is 60.4. The molecule has 1 aliphatic rings. The van der Waals surface area contributed by atoms with Gasteiger partial charge in [-0.15, -0.1) is 0 Å². The van der Waals surface area contributed by atoms with Crippen molar-refractivity contribution in [3.8, 4) is 22.5 Å². The molecular weight excluding hydrogens is 713 g/mol. The smallest absolute Gasteiger partial charge is 0.247 e. The van der Waals surface area contributed by atoms with Gasteiger partial charge in [-0.1, -0.05) is 91.9 Å². The molecule has 1 aliphatic heterocycles. The first kappa shape index (κ1) is 39.2. The first-order chi connectivity index (χ1) is 27.6. The van der Waals surface area contributed by atoms with Crippen molar-refractivity contribution in [2.24, 2.45) is 0 Å². The van der Waals surface area contributed by atoms with Crippen LogP contribution in [0.2, 0.25) is 0 Å². The first-order valence-electron chi connectivity index (χ1n) is 19.7. The highest BCUT2D eigenvalue weighted by Gasteiger charge is 2.38. The molecule has 11 heteroatoms. The second-order valence-electron chi connectivity index (χ2n) is 15.3. The molecule has 3 amide bonds. The molecule has 6 aromatic rings. The summed E-state index contributed by atoms with van der Waals surface area (Å²) in [6, 6.07) is 34.4. The van der Waals surface area contributed by atoms with Crippen molar-refractivity contribution in [2.75, 3.05) is 46.6 Å². The van der Waals surface area contributed by atoms with Gasteiger partial charge in [-0.25, -0.2) is 4.98 Å². The molecule has 4 aromatic carbocycles.